The van der Waals surface area contributed by atoms with Crippen molar-refractivity contribution in [3.63, 3.8) is 0 Å². The van der Waals surface area contributed by atoms with E-state index in [2.05, 4.69) is 10.6 Å². The molecule has 30 heavy (non-hydrogen) atoms. The van der Waals surface area contributed by atoms with E-state index >= 15 is 0 Å². The number of benzene rings is 2. The molecular formula is C21H18Cl2N2O4S. The molecule has 3 aromatic rings. The van der Waals surface area contributed by atoms with E-state index in [1.165, 1.54) is 23.5 Å². The molecule has 0 unspecified atom stereocenters. The molecule has 1 aromatic heterocycles. The van der Waals surface area contributed by atoms with Crippen molar-refractivity contribution in [2.24, 2.45) is 0 Å². The van der Waals surface area contributed by atoms with Crippen molar-refractivity contribution in [3.05, 3.63) is 73.9 Å². The van der Waals surface area contributed by atoms with Crippen LogP contribution in [0, 0.1) is 0 Å². The molecule has 0 aliphatic rings. The van der Waals surface area contributed by atoms with Crippen LogP contribution in [0.5, 0.6) is 11.5 Å². The number of nitrogens with one attached hydrogen (secondary N) is 2. The molecule has 0 spiro atoms. The number of aromatic hydroxyl groups is 1. The molecule has 0 fully saturated rings. The zero-order valence-corrected chi connectivity index (χ0v) is 18.2. The molecule has 0 saturated carbocycles. The summed E-state index contributed by atoms with van der Waals surface area (Å²) in [6.07, 6.45) is 0.604. The van der Waals surface area contributed by atoms with E-state index in [0.29, 0.717) is 23.5 Å². The minimum absolute atomic E-state index is 0.0349. The summed E-state index contributed by atoms with van der Waals surface area (Å²) in [5, 5.41) is 16.8. The number of para-hydroxylation sites is 1. The Morgan fingerprint density at radius 3 is 2.50 bits per heavy atom. The van der Waals surface area contributed by atoms with E-state index in [1.54, 1.807) is 18.6 Å². The van der Waals surface area contributed by atoms with E-state index in [0.717, 1.165) is 11.3 Å². The van der Waals surface area contributed by atoms with Gasteiger partial charge in [-0.1, -0.05) is 41.4 Å². The van der Waals surface area contributed by atoms with Crippen LogP contribution < -0.4 is 15.4 Å². The summed E-state index contributed by atoms with van der Waals surface area (Å²) in [6.45, 7) is 0.410. The van der Waals surface area contributed by atoms with Gasteiger partial charge in [-0.3, -0.25) is 9.59 Å². The average Bonchev–Trinajstić information content (AvgIpc) is 3.20. The lowest BCUT2D eigenvalue weighted by Crippen LogP contribution is -2.26. The number of methoxy groups -OCH3 is 1. The van der Waals surface area contributed by atoms with Gasteiger partial charge in [0.25, 0.3) is 11.8 Å². The molecule has 0 aliphatic carbocycles. The van der Waals surface area contributed by atoms with E-state index in [-0.39, 0.29) is 27.3 Å². The Kier molecular flexibility index (Phi) is 7.20. The molecule has 3 rings (SSSR count). The fourth-order valence-corrected chi connectivity index (χ4v) is 4.03. The van der Waals surface area contributed by atoms with Crippen LogP contribution in [0.15, 0.2) is 47.8 Å². The van der Waals surface area contributed by atoms with Gasteiger partial charge in [-0.25, -0.2) is 0 Å². The minimum Gasteiger partial charge on any atom is -0.505 e. The van der Waals surface area contributed by atoms with E-state index in [4.69, 9.17) is 27.9 Å². The van der Waals surface area contributed by atoms with Crippen LogP contribution in [0.2, 0.25) is 10.0 Å². The first-order chi connectivity index (χ1) is 14.4. The van der Waals surface area contributed by atoms with Crippen LogP contribution in [0.4, 0.5) is 5.69 Å². The number of anilines is 1. The lowest BCUT2D eigenvalue weighted by molar-refractivity contribution is 0.0959. The van der Waals surface area contributed by atoms with Crippen molar-refractivity contribution in [1.29, 1.82) is 0 Å². The van der Waals surface area contributed by atoms with Gasteiger partial charge in [0.2, 0.25) is 0 Å². The predicted octanol–water partition coefficient (Wildman–Crippen LogP) is 4.99. The standard InChI is InChI=1S/C21H18Cl2N2O4S/c1-29-17-5-3-2-4-12(17)6-8-24-21(28)19-16(7-9-30-19)25-20(27)13-10-14(22)18(26)15(23)11-13/h2-5,7,9-11,26H,6,8H2,1H3,(H,24,28)(H,25,27). The summed E-state index contributed by atoms with van der Waals surface area (Å²) < 4.78 is 5.31. The molecule has 3 N–H and O–H groups in total. The fourth-order valence-electron chi connectivity index (χ4n) is 2.78. The van der Waals surface area contributed by atoms with Gasteiger partial charge in [-0.2, -0.15) is 0 Å². The Balaban J connectivity index is 1.64. The molecule has 0 radical (unpaired) electrons. The number of rotatable bonds is 7. The average molecular weight is 465 g/mol. The van der Waals surface area contributed by atoms with Crippen LogP contribution in [-0.2, 0) is 6.42 Å². The maximum absolute atomic E-state index is 12.6. The van der Waals surface area contributed by atoms with Crippen molar-refractivity contribution in [3.8, 4) is 11.5 Å². The second-order valence-corrected chi connectivity index (χ2v) is 7.95. The number of carbonyl (C=O) groups excluding carboxylic acids is 2. The highest BCUT2D eigenvalue weighted by Crippen LogP contribution is 2.33. The van der Waals surface area contributed by atoms with Gasteiger partial charge in [-0.15, -0.1) is 11.3 Å². The van der Waals surface area contributed by atoms with Gasteiger partial charge in [0.05, 0.1) is 22.8 Å². The quantitative estimate of drug-likeness (QED) is 0.459. The number of hydrogen-bond donors (Lipinski definition) is 3. The molecule has 0 bridgehead atoms. The third-order valence-corrected chi connectivity index (χ3v) is 5.76. The molecule has 1 heterocycles. The van der Waals surface area contributed by atoms with Gasteiger partial charge in [0.15, 0.2) is 5.75 Å². The van der Waals surface area contributed by atoms with E-state index in [1.807, 2.05) is 24.3 Å². The van der Waals surface area contributed by atoms with Crippen molar-refractivity contribution in [2.75, 3.05) is 19.0 Å². The van der Waals surface area contributed by atoms with E-state index in [9.17, 15) is 14.7 Å². The first-order valence-electron chi connectivity index (χ1n) is 8.87. The summed E-state index contributed by atoms with van der Waals surface area (Å²) >= 11 is 13.0. The number of phenolic OH excluding ortho intramolecular Hbond substituents is 1. The normalized spacial score (nSPS) is 10.5. The number of carbonyl (C=O) groups is 2. The largest absolute Gasteiger partial charge is 0.505 e. The first-order valence-corrected chi connectivity index (χ1v) is 10.5. The van der Waals surface area contributed by atoms with Gasteiger partial charge in [-0.05, 0) is 41.6 Å². The topological polar surface area (TPSA) is 87.7 Å². The van der Waals surface area contributed by atoms with Crippen molar-refractivity contribution in [2.45, 2.75) is 6.42 Å². The summed E-state index contributed by atoms with van der Waals surface area (Å²) in [4.78, 5) is 25.5. The number of halogens is 2. The molecule has 0 atom stereocenters. The van der Waals surface area contributed by atoms with Crippen molar-refractivity contribution in [1.82, 2.24) is 5.32 Å². The fraction of sp³-hybridized carbons (Fsp3) is 0.143. The zero-order valence-electron chi connectivity index (χ0n) is 15.9. The van der Waals surface area contributed by atoms with Gasteiger partial charge in [0, 0.05) is 12.1 Å². The van der Waals surface area contributed by atoms with Gasteiger partial charge >= 0.3 is 0 Å². The summed E-state index contributed by atoms with van der Waals surface area (Å²) in [6, 6.07) is 11.8. The maximum Gasteiger partial charge on any atom is 0.263 e. The minimum atomic E-state index is -0.500. The number of ether oxygens (including phenoxy) is 1. The lowest BCUT2D eigenvalue weighted by atomic mass is 10.1. The Morgan fingerprint density at radius 2 is 1.80 bits per heavy atom. The first kappa shape index (κ1) is 22.0. The van der Waals surface area contributed by atoms with Gasteiger partial charge in [0.1, 0.15) is 10.6 Å². The zero-order chi connectivity index (χ0) is 21.7. The molecule has 9 heteroatoms. The monoisotopic (exact) mass is 464 g/mol. The summed E-state index contributed by atoms with van der Waals surface area (Å²) in [5.74, 6) is -0.320. The molecule has 2 amide bonds. The van der Waals surface area contributed by atoms with Crippen LogP contribution in [-0.4, -0.2) is 30.6 Å². The number of phenols is 1. The second kappa shape index (κ2) is 9.84. The molecule has 156 valence electrons. The van der Waals surface area contributed by atoms with Gasteiger partial charge < -0.3 is 20.5 Å². The predicted molar refractivity (Wildman–Crippen MR) is 119 cm³/mol. The highest BCUT2D eigenvalue weighted by atomic mass is 35.5. The number of thiophene rings is 1. The lowest BCUT2D eigenvalue weighted by Gasteiger charge is -2.10. The molecular weight excluding hydrogens is 447 g/mol. The smallest absolute Gasteiger partial charge is 0.263 e. The van der Waals surface area contributed by atoms with Crippen molar-refractivity contribution >= 4 is 52.0 Å². The Morgan fingerprint density at radius 1 is 1.10 bits per heavy atom. The van der Waals surface area contributed by atoms with E-state index < -0.39 is 5.91 Å². The maximum atomic E-state index is 12.6. The number of hydrogen-bond acceptors (Lipinski definition) is 5. The third-order valence-electron chi connectivity index (χ3n) is 4.27. The van der Waals surface area contributed by atoms with Crippen LogP contribution in [0.1, 0.15) is 25.6 Å². The third kappa shape index (κ3) is 5.05. The molecule has 2 aromatic carbocycles. The molecule has 0 saturated heterocycles. The Bertz CT molecular complexity index is 1060. The van der Waals surface area contributed by atoms with Crippen LogP contribution in [0.25, 0.3) is 0 Å². The van der Waals surface area contributed by atoms with Crippen LogP contribution in [0.3, 0.4) is 0 Å². The van der Waals surface area contributed by atoms with Crippen LogP contribution >= 0.6 is 34.5 Å². The molecule has 0 aliphatic heterocycles. The highest BCUT2D eigenvalue weighted by Gasteiger charge is 2.18. The SMILES string of the molecule is COc1ccccc1CCNC(=O)c1sccc1NC(=O)c1cc(Cl)c(O)c(Cl)c1. The summed E-state index contributed by atoms with van der Waals surface area (Å²) in [5.41, 5.74) is 1.53. The highest BCUT2D eigenvalue weighted by molar-refractivity contribution is 7.12. The Labute approximate surface area is 187 Å². The molecule has 6 nitrogen and oxygen atoms in total. The number of amides is 2. The Hall–Kier alpha value is -2.74. The van der Waals surface area contributed by atoms with Crippen molar-refractivity contribution < 1.29 is 19.4 Å². The second-order valence-electron chi connectivity index (χ2n) is 6.22. The summed E-state index contributed by atoms with van der Waals surface area (Å²) in [7, 11) is 1.60.